The van der Waals surface area contributed by atoms with E-state index in [0.29, 0.717) is 21.2 Å². The summed E-state index contributed by atoms with van der Waals surface area (Å²) in [5, 5.41) is 2.96. The topological polar surface area (TPSA) is 12.0 Å². The summed E-state index contributed by atoms with van der Waals surface area (Å²) >= 11 is 3.10. The molecular weight excluding hydrogens is 331 g/mol. The number of hydrogen-bond acceptors (Lipinski definition) is 1. The van der Waals surface area contributed by atoms with Crippen molar-refractivity contribution in [3.05, 3.63) is 68.9 Å². The lowest BCUT2D eigenvalue weighted by Crippen LogP contribution is -2.19. The van der Waals surface area contributed by atoms with Crippen LogP contribution in [0, 0.1) is 24.4 Å². The lowest BCUT2D eigenvalue weighted by Gasteiger charge is -2.19. The van der Waals surface area contributed by atoms with Crippen molar-refractivity contribution in [2.24, 2.45) is 0 Å². The highest BCUT2D eigenvalue weighted by Crippen LogP contribution is 2.28. The van der Waals surface area contributed by atoms with Crippen LogP contribution in [-0.4, -0.2) is 7.05 Å². The van der Waals surface area contributed by atoms with Crippen LogP contribution in [0.4, 0.5) is 13.2 Å². The molecule has 0 bridgehead atoms. The van der Waals surface area contributed by atoms with Gasteiger partial charge in [0.2, 0.25) is 0 Å². The number of aryl methyl sites for hydroxylation is 1. The van der Waals surface area contributed by atoms with Crippen molar-refractivity contribution in [3.8, 4) is 0 Å². The van der Waals surface area contributed by atoms with Gasteiger partial charge in [-0.1, -0.05) is 6.07 Å². The zero-order chi connectivity index (χ0) is 14.9. The summed E-state index contributed by atoms with van der Waals surface area (Å²) in [7, 11) is 1.67. The van der Waals surface area contributed by atoms with E-state index in [0.717, 1.165) is 6.07 Å². The molecule has 1 nitrogen and oxygen atoms in total. The van der Waals surface area contributed by atoms with Crippen molar-refractivity contribution < 1.29 is 13.2 Å². The largest absolute Gasteiger partial charge is 0.309 e. The molecule has 2 aromatic carbocycles. The first-order valence-corrected chi connectivity index (χ1v) is 6.81. The predicted octanol–water partition coefficient (Wildman–Crippen LogP) is 4.48. The molecule has 0 aliphatic rings. The second kappa shape index (κ2) is 5.97. The Labute approximate surface area is 123 Å². The molecule has 2 rings (SSSR count). The van der Waals surface area contributed by atoms with Crippen molar-refractivity contribution in [1.29, 1.82) is 0 Å². The Balaban J connectivity index is 2.52. The van der Waals surface area contributed by atoms with Crippen molar-refractivity contribution in [3.63, 3.8) is 0 Å². The van der Waals surface area contributed by atoms with Crippen LogP contribution >= 0.6 is 15.9 Å². The predicted molar refractivity (Wildman–Crippen MR) is 76.1 cm³/mol. The second-order valence-corrected chi connectivity index (χ2v) is 5.37. The van der Waals surface area contributed by atoms with E-state index in [-0.39, 0.29) is 5.82 Å². The van der Waals surface area contributed by atoms with Crippen LogP contribution < -0.4 is 5.32 Å². The number of rotatable bonds is 3. The van der Waals surface area contributed by atoms with Gasteiger partial charge in [0.05, 0.1) is 10.5 Å². The Morgan fingerprint density at radius 1 is 1.00 bits per heavy atom. The molecule has 1 atom stereocenters. The Hall–Kier alpha value is -1.33. The minimum atomic E-state index is -0.632. The van der Waals surface area contributed by atoms with Gasteiger partial charge < -0.3 is 5.32 Å². The van der Waals surface area contributed by atoms with Gasteiger partial charge in [-0.3, -0.25) is 0 Å². The average Bonchev–Trinajstić information content (AvgIpc) is 2.40. The highest BCUT2D eigenvalue weighted by molar-refractivity contribution is 9.10. The highest BCUT2D eigenvalue weighted by atomic mass is 79.9. The molecule has 0 amide bonds. The van der Waals surface area contributed by atoms with Crippen molar-refractivity contribution in [1.82, 2.24) is 5.32 Å². The summed E-state index contributed by atoms with van der Waals surface area (Å²) in [4.78, 5) is 0. The van der Waals surface area contributed by atoms with Gasteiger partial charge in [0.1, 0.15) is 17.5 Å². The Kier molecular flexibility index (Phi) is 4.50. The summed E-state index contributed by atoms with van der Waals surface area (Å²) in [6, 6.07) is 6.30. The van der Waals surface area contributed by atoms with E-state index in [9.17, 15) is 13.2 Å². The van der Waals surface area contributed by atoms with E-state index in [2.05, 4.69) is 21.2 Å². The molecule has 0 saturated heterocycles. The summed E-state index contributed by atoms with van der Waals surface area (Å²) in [6.07, 6.45) is 0. The van der Waals surface area contributed by atoms with Crippen LogP contribution in [0.3, 0.4) is 0 Å². The number of nitrogens with one attached hydrogen (secondary N) is 1. The molecule has 0 radical (unpaired) electrons. The van der Waals surface area contributed by atoms with Crippen LogP contribution in [0.2, 0.25) is 0 Å². The molecule has 2 aromatic rings. The molecule has 0 fully saturated rings. The van der Waals surface area contributed by atoms with E-state index in [1.54, 1.807) is 26.1 Å². The third-order valence-electron chi connectivity index (χ3n) is 3.15. The smallest absolute Gasteiger partial charge is 0.137 e. The standard InChI is InChI=1S/C15H13BrF3N/c1-8-5-10(14(19)7-13(8)18)15(20-2)9-3-4-12(17)11(16)6-9/h3-7,15,20H,1-2H3. The zero-order valence-electron chi connectivity index (χ0n) is 11.0. The van der Waals surface area contributed by atoms with Gasteiger partial charge in [0.25, 0.3) is 0 Å². The van der Waals surface area contributed by atoms with Crippen molar-refractivity contribution in [2.75, 3.05) is 7.05 Å². The van der Waals surface area contributed by atoms with E-state index in [4.69, 9.17) is 0 Å². The van der Waals surface area contributed by atoms with Gasteiger partial charge in [-0.2, -0.15) is 0 Å². The summed E-state index contributed by atoms with van der Waals surface area (Å²) in [5.41, 5.74) is 1.37. The molecule has 0 heterocycles. The lowest BCUT2D eigenvalue weighted by molar-refractivity contribution is 0.547. The maximum Gasteiger partial charge on any atom is 0.137 e. The van der Waals surface area contributed by atoms with E-state index in [1.807, 2.05) is 0 Å². The maximum absolute atomic E-state index is 14.0. The number of halogens is 4. The summed E-state index contributed by atoms with van der Waals surface area (Å²) in [5.74, 6) is -1.60. The Morgan fingerprint density at radius 3 is 2.30 bits per heavy atom. The average molecular weight is 344 g/mol. The minimum absolute atomic E-state index is 0.300. The van der Waals surface area contributed by atoms with E-state index < -0.39 is 17.7 Å². The number of benzene rings is 2. The van der Waals surface area contributed by atoms with Crippen LogP contribution in [-0.2, 0) is 0 Å². The Bertz CT molecular complexity index is 643. The van der Waals surface area contributed by atoms with Crippen LogP contribution in [0.15, 0.2) is 34.8 Å². The lowest BCUT2D eigenvalue weighted by atomic mass is 9.96. The maximum atomic E-state index is 14.0. The SMILES string of the molecule is CNC(c1ccc(F)c(Br)c1)c1cc(C)c(F)cc1F. The molecule has 1 unspecified atom stereocenters. The van der Waals surface area contributed by atoms with Crippen LogP contribution in [0.1, 0.15) is 22.7 Å². The summed E-state index contributed by atoms with van der Waals surface area (Å²) < 4.78 is 40.9. The van der Waals surface area contributed by atoms with Crippen molar-refractivity contribution in [2.45, 2.75) is 13.0 Å². The Morgan fingerprint density at radius 2 is 1.70 bits per heavy atom. The fourth-order valence-corrected chi connectivity index (χ4v) is 2.49. The van der Waals surface area contributed by atoms with Gasteiger partial charge >= 0.3 is 0 Å². The molecule has 20 heavy (non-hydrogen) atoms. The quantitative estimate of drug-likeness (QED) is 0.866. The first kappa shape index (κ1) is 15.1. The van der Waals surface area contributed by atoms with Crippen molar-refractivity contribution >= 4 is 15.9 Å². The van der Waals surface area contributed by atoms with Gasteiger partial charge in [-0.05, 0) is 59.2 Å². The normalized spacial score (nSPS) is 12.5. The molecule has 5 heteroatoms. The van der Waals surface area contributed by atoms with Gasteiger partial charge in [-0.25, -0.2) is 13.2 Å². The molecule has 0 aromatic heterocycles. The third kappa shape index (κ3) is 2.88. The molecule has 106 valence electrons. The second-order valence-electron chi connectivity index (χ2n) is 4.52. The zero-order valence-corrected chi connectivity index (χ0v) is 12.6. The molecular formula is C15H13BrF3N. The minimum Gasteiger partial charge on any atom is -0.309 e. The van der Waals surface area contributed by atoms with Gasteiger partial charge in [0, 0.05) is 11.6 Å². The van der Waals surface area contributed by atoms with Crippen LogP contribution in [0.5, 0.6) is 0 Å². The fourth-order valence-electron chi connectivity index (χ4n) is 2.09. The first-order valence-electron chi connectivity index (χ1n) is 6.01. The first-order chi connectivity index (χ1) is 9.43. The van der Waals surface area contributed by atoms with Gasteiger partial charge in [0.15, 0.2) is 0 Å². The van der Waals surface area contributed by atoms with Gasteiger partial charge in [-0.15, -0.1) is 0 Å². The highest BCUT2D eigenvalue weighted by Gasteiger charge is 2.19. The molecule has 0 saturated carbocycles. The third-order valence-corrected chi connectivity index (χ3v) is 3.76. The molecule has 0 aliphatic carbocycles. The monoisotopic (exact) mass is 343 g/mol. The van der Waals surface area contributed by atoms with E-state index >= 15 is 0 Å². The fraction of sp³-hybridized carbons (Fsp3) is 0.200. The molecule has 1 N–H and O–H groups in total. The molecule has 0 aliphatic heterocycles. The number of hydrogen-bond donors (Lipinski definition) is 1. The summed E-state index contributed by atoms with van der Waals surface area (Å²) in [6.45, 7) is 1.57. The molecule has 0 spiro atoms. The van der Waals surface area contributed by atoms with E-state index in [1.165, 1.54) is 12.1 Å². The van der Waals surface area contributed by atoms with Crippen LogP contribution in [0.25, 0.3) is 0 Å².